The second-order valence-electron chi connectivity index (χ2n) is 5.48. The molecule has 2 aromatic rings. The quantitative estimate of drug-likeness (QED) is 0.468. The van der Waals surface area contributed by atoms with Gasteiger partial charge in [-0.3, -0.25) is 0 Å². The van der Waals surface area contributed by atoms with Crippen LogP contribution in [0.2, 0.25) is 0 Å². The first-order chi connectivity index (χ1) is 10.2. The molecule has 0 heterocycles. The van der Waals surface area contributed by atoms with Crippen LogP contribution in [0.3, 0.4) is 0 Å². The van der Waals surface area contributed by atoms with Crippen LogP contribution in [-0.2, 0) is 4.79 Å². The summed E-state index contributed by atoms with van der Waals surface area (Å²) in [4.78, 5) is 11.9. The lowest BCUT2D eigenvalue weighted by Crippen LogP contribution is -2.05. The van der Waals surface area contributed by atoms with E-state index in [1.54, 1.807) is 6.08 Å². The summed E-state index contributed by atoms with van der Waals surface area (Å²) in [5.74, 6) is 0.928. The zero-order valence-corrected chi connectivity index (χ0v) is 12.1. The second-order valence-corrected chi connectivity index (χ2v) is 5.48. The fourth-order valence-electron chi connectivity index (χ4n) is 2.29. The van der Waals surface area contributed by atoms with Gasteiger partial charge in [0, 0.05) is 6.08 Å². The van der Waals surface area contributed by atoms with E-state index in [2.05, 4.69) is 0 Å². The average Bonchev–Trinajstić information content (AvgIpc) is 3.32. The van der Waals surface area contributed by atoms with E-state index in [0.717, 1.165) is 11.1 Å². The lowest BCUT2D eigenvalue weighted by molar-refractivity contribution is -0.128. The minimum Gasteiger partial charge on any atom is -0.423 e. The summed E-state index contributed by atoms with van der Waals surface area (Å²) < 4.78 is 5.47. The summed E-state index contributed by atoms with van der Waals surface area (Å²) in [5.41, 5.74) is 3.34. The van der Waals surface area contributed by atoms with Gasteiger partial charge in [0.05, 0.1) is 0 Å². The van der Waals surface area contributed by atoms with Crippen LogP contribution in [0.15, 0.2) is 54.6 Å². The highest BCUT2D eigenvalue weighted by molar-refractivity contribution is 5.88. The Morgan fingerprint density at radius 1 is 1.10 bits per heavy atom. The summed E-state index contributed by atoms with van der Waals surface area (Å²) in [7, 11) is 0. The van der Waals surface area contributed by atoms with E-state index in [1.165, 1.54) is 24.5 Å². The zero-order chi connectivity index (χ0) is 14.7. The Labute approximate surface area is 125 Å². The molecule has 1 saturated carbocycles. The lowest BCUT2D eigenvalue weighted by Gasteiger charge is -2.07. The van der Waals surface area contributed by atoms with Gasteiger partial charge in [0.1, 0.15) is 5.75 Å². The number of carbonyl (C=O) groups is 1. The predicted octanol–water partition coefficient (Wildman–Crippen LogP) is 4.49. The molecular weight excluding hydrogens is 260 g/mol. The zero-order valence-electron chi connectivity index (χ0n) is 12.1. The summed E-state index contributed by atoms with van der Waals surface area (Å²) in [6.07, 6.45) is 5.64. The number of esters is 1. The predicted molar refractivity (Wildman–Crippen MR) is 84.3 cm³/mol. The summed E-state index contributed by atoms with van der Waals surface area (Å²) in [6.45, 7) is 2.04. The van der Waals surface area contributed by atoms with Gasteiger partial charge in [-0.1, -0.05) is 48.0 Å². The minimum atomic E-state index is -0.330. The van der Waals surface area contributed by atoms with E-state index in [1.807, 2.05) is 55.5 Å². The fourth-order valence-corrected chi connectivity index (χ4v) is 2.29. The molecule has 2 nitrogen and oxygen atoms in total. The molecule has 0 radical (unpaired) electrons. The first-order valence-electron chi connectivity index (χ1n) is 7.28. The number of rotatable bonds is 4. The molecule has 21 heavy (non-hydrogen) atoms. The van der Waals surface area contributed by atoms with Gasteiger partial charge in [-0.25, -0.2) is 4.79 Å². The third-order valence-corrected chi connectivity index (χ3v) is 3.64. The molecule has 106 valence electrons. The number of hydrogen-bond donors (Lipinski definition) is 0. The molecule has 2 aromatic carbocycles. The van der Waals surface area contributed by atoms with Crippen LogP contribution in [0.4, 0.5) is 0 Å². The Bertz CT molecular complexity index is 664. The van der Waals surface area contributed by atoms with Gasteiger partial charge < -0.3 is 4.74 Å². The number of benzene rings is 2. The van der Waals surface area contributed by atoms with Gasteiger partial charge in [0.15, 0.2) is 0 Å². The highest BCUT2D eigenvalue weighted by atomic mass is 16.5. The van der Waals surface area contributed by atoms with Crippen LogP contribution >= 0.6 is 0 Å². The second kappa shape index (κ2) is 5.96. The van der Waals surface area contributed by atoms with Crippen LogP contribution < -0.4 is 4.74 Å². The molecule has 1 aliphatic carbocycles. The van der Waals surface area contributed by atoms with E-state index in [9.17, 15) is 4.79 Å². The molecule has 0 aromatic heterocycles. The largest absolute Gasteiger partial charge is 0.423 e. The lowest BCUT2D eigenvalue weighted by atomic mass is 10.1. The smallest absolute Gasteiger partial charge is 0.336 e. The standard InChI is InChI=1S/C19H18O2/c1-14-6-8-15(9-7-14)10-13-19(20)21-18-5-3-2-4-17(18)16-11-12-16/h2-10,13,16H,11-12H2,1H3/b13-10+. The Kier molecular flexibility index (Phi) is 3.87. The van der Waals surface area contributed by atoms with Crippen molar-refractivity contribution in [2.24, 2.45) is 0 Å². The maximum Gasteiger partial charge on any atom is 0.336 e. The molecule has 0 spiro atoms. The van der Waals surface area contributed by atoms with Crippen molar-refractivity contribution in [3.63, 3.8) is 0 Å². The monoisotopic (exact) mass is 278 g/mol. The number of carbonyl (C=O) groups excluding carboxylic acids is 1. The number of ether oxygens (including phenoxy) is 1. The molecule has 0 aliphatic heterocycles. The van der Waals surface area contributed by atoms with Crippen LogP contribution in [-0.4, -0.2) is 5.97 Å². The minimum absolute atomic E-state index is 0.330. The van der Waals surface area contributed by atoms with Gasteiger partial charge in [-0.05, 0) is 49.0 Å². The maximum atomic E-state index is 11.9. The van der Waals surface area contributed by atoms with E-state index < -0.39 is 0 Å². The Morgan fingerprint density at radius 3 is 2.52 bits per heavy atom. The molecule has 0 bridgehead atoms. The molecule has 1 fully saturated rings. The van der Waals surface area contributed by atoms with Crippen LogP contribution in [0.1, 0.15) is 35.4 Å². The van der Waals surface area contributed by atoms with Crippen LogP contribution in [0.5, 0.6) is 5.75 Å². The normalized spacial score (nSPS) is 14.3. The summed E-state index contributed by atoms with van der Waals surface area (Å²) in [5, 5.41) is 0. The van der Waals surface area contributed by atoms with Gasteiger partial charge in [0.2, 0.25) is 0 Å². The van der Waals surface area contributed by atoms with Crippen molar-refractivity contribution in [2.45, 2.75) is 25.7 Å². The highest BCUT2D eigenvalue weighted by Gasteiger charge is 2.26. The molecule has 1 aliphatic rings. The van der Waals surface area contributed by atoms with Gasteiger partial charge >= 0.3 is 5.97 Å². The molecular formula is C19H18O2. The van der Waals surface area contributed by atoms with Crippen molar-refractivity contribution in [2.75, 3.05) is 0 Å². The molecule has 0 saturated heterocycles. The summed E-state index contributed by atoms with van der Waals surface area (Å²) >= 11 is 0. The molecule has 0 N–H and O–H groups in total. The van der Waals surface area contributed by atoms with E-state index in [4.69, 9.17) is 4.74 Å². The SMILES string of the molecule is Cc1ccc(/C=C/C(=O)Oc2ccccc2C2CC2)cc1. The number of aryl methyl sites for hydroxylation is 1. The molecule has 2 heteroatoms. The van der Waals surface area contributed by atoms with Gasteiger partial charge in [0.25, 0.3) is 0 Å². The third-order valence-electron chi connectivity index (χ3n) is 3.64. The maximum absolute atomic E-state index is 11.9. The first-order valence-corrected chi connectivity index (χ1v) is 7.28. The van der Waals surface area contributed by atoms with E-state index in [0.29, 0.717) is 11.7 Å². The molecule has 0 amide bonds. The number of hydrogen-bond acceptors (Lipinski definition) is 2. The topological polar surface area (TPSA) is 26.3 Å². The highest BCUT2D eigenvalue weighted by Crippen LogP contribution is 2.44. The van der Waals surface area contributed by atoms with E-state index in [-0.39, 0.29) is 5.97 Å². The molecule has 0 atom stereocenters. The van der Waals surface area contributed by atoms with Crippen molar-refractivity contribution in [1.29, 1.82) is 0 Å². The molecule has 3 rings (SSSR count). The van der Waals surface area contributed by atoms with Crippen molar-refractivity contribution >= 4 is 12.0 Å². The van der Waals surface area contributed by atoms with Crippen molar-refractivity contribution < 1.29 is 9.53 Å². The van der Waals surface area contributed by atoms with Gasteiger partial charge in [-0.15, -0.1) is 0 Å². The van der Waals surface area contributed by atoms with Crippen LogP contribution in [0, 0.1) is 6.92 Å². The molecule has 0 unspecified atom stereocenters. The van der Waals surface area contributed by atoms with Gasteiger partial charge in [-0.2, -0.15) is 0 Å². The third kappa shape index (κ3) is 3.60. The van der Waals surface area contributed by atoms with Crippen LogP contribution in [0.25, 0.3) is 6.08 Å². The fraction of sp³-hybridized carbons (Fsp3) is 0.211. The van der Waals surface area contributed by atoms with Crippen molar-refractivity contribution in [3.8, 4) is 5.75 Å². The Morgan fingerprint density at radius 2 is 1.81 bits per heavy atom. The Balaban J connectivity index is 1.68. The van der Waals surface area contributed by atoms with E-state index >= 15 is 0 Å². The van der Waals surface area contributed by atoms with Crippen molar-refractivity contribution in [3.05, 3.63) is 71.3 Å². The number of para-hydroxylation sites is 1. The van der Waals surface area contributed by atoms with Crippen molar-refractivity contribution in [1.82, 2.24) is 0 Å². The average molecular weight is 278 g/mol. The Hall–Kier alpha value is -2.35. The summed E-state index contributed by atoms with van der Waals surface area (Å²) in [6, 6.07) is 15.8. The first kappa shape index (κ1) is 13.6.